The summed E-state index contributed by atoms with van der Waals surface area (Å²) in [4.78, 5) is 20.1. The largest absolute Gasteiger partial charge is 0.388 e. The molecule has 10 nitrogen and oxygen atoms in total. The summed E-state index contributed by atoms with van der Waals surface area (Å²) >= 11 is 0. The van der Waals surface area contributed by atoms with Gasteiger partial charge in [0.15, 0.2) is 12.6 Å². The van der Waals surface area contributed by atoms with Crippen molar-refractivity contribution in [1.29, 1.82) is 0 Å². The molecular weight excluding hydrogens is 304 g/mol. The predicted octanol–water partition coefficient (Wildman–Crippen LogP) is -3.19. The van der Waals surface area contributed by atoms with Crippen LogP contribution in [0.4, 0.5) is 0 Å². The van der Waals surface area contributed by atoms with Crippen molar-refractivity contribution in [2.45, 2.75) is 24.8 Å². The molecule has 22 heavy (non-hydrogen) atoms. The van der Waals surface area contributed by atoms with E-state index >= 15 is 0 Å². The molecule has 0 aliphatic heterocycles. The van der Waals surface area contributed by atoms with Gasteiger partial charge in [-0.2, -0.15) is 0 Å². The van der Waals surface area contributed by atoms with Crippen molar-refractivity contribution in [2.75, 3.05) is 39.6 Å². The minimum Gasteiger partial charge on any atom is -0.388 e. The van der Waals surface area contributed by atoms with Crippen LogP contribution in [0.5, 0.6) is 0 Å². The Morgan fingerprint density at radius 2 is 1.05 bits per heavy atom. The first-order valence-electron chi connectivity index (χ1n) is 6.51. The third-order valence-corrected chi connectivity index (χ3v) is 2.14. The summed E-state index contributed by atoms with van der Waals surface area (Å²) in [6, 6.07) is 0. The van der Waals surface area contributed by atoms with Crippen LogP contribution >= 0.6 is 0 Å². The van der Waals surface area contributed by atoms with E-state index in [2.05, 4.69) is 9.47 Å². The van der Waals surface area contributed by atoms with Crippen LogP contribution in [0.1, 0.15) is 0 Å². The van der Waals surface area contributed by atoms with Crippen molar-refractivity contribution in [3.63, 3.8) is 0 Å². The third kappa shape index (κ3) is 12.7. The zero-order chi connectivity index (χ0) is 16.8. The maximum Gasteiger partial charge on any atom is 0.212 e. The van der Waals surface area contributed by atoms with Crippen LogP contribution in [0.2, 0.25) is 0 Å². The molecule has 10 heteroatoms. The molecule has 0 radical (unpaired) electrons. The summed E-state index contributed by atoms with van der Waals surface area (Å²) < 4.78 is 19.2. The van der Waals surface area contributed by atoms with Gasteiger partial charge in [0.05, 0.1) is 39.6 Å². The lowest BCUT2D eigenvalue weighted by atomic mass is 10.4. The second-order valence-electron chi connectivity index (χ2n) is 4.18. The zero-order valence-electron chi connectivity index (χ0n) is 11.9. The molecular formula is C12H22O10. The molecule has 130 valence electrons. The number of aliphatic hydroxyl groups excluding tert-OH is 4. The molecule has 0 saturated heterocycles. The highest BCUT2D eigenvalue weighted by molar-refractivity contribution is 5.53. The number of hydrogen-bond acceptors (Lipinski definition) is 10. The van der Waals surface area contributed by atoms with Gasteiger partial charge in [-0.05, 0) is 0 Å². The normalized spacial score (nSPS) is 16.7. The Bertz CT molecular complexity index is 259. The van der Waals surface area contributed by atoms with Gasteiger partial charge in [0.2, 0.25) is 12.6 Å². The van der Waals surface area contributed by atoms with Gasteiger partial charge in [0, 0.05) is 0 Å². The molecule has 0 saturated carbocycles. The number of carbonyl (C=O) groups is 2. The van der Waals surface area contributed by atoms with Crippen LogP contribution in [-0.2, 0) is 28.5 Å². The van der Waals surface area contributed by atoms with Gasteiger partial charge in [-0.1, -0.05) is 0 Å². The van der Waals surface area contributed by atoms with Gasteiger partial charge < -0.3 is 39.4 Å². The number of carbonyl (C=O) groups excluding carboxylic acids is 2. The molecule has 0 spiro atoms. The lowest BCUT2D eigenvalue weighted by Gasteiger charge is -2.14. The zero-order valence-corrected chi connectivity index (χ0v) is 11.9. The third-order valence-electron chi connectivity index (χ3n) is 2.14. The predicted molar refractivity (Wildman–Crippen MR) is 69.7 cm³/mol. The molecule has 0 aromatic heterocycles. The van der Waals surface area contributed by atoms with Crippen molar-refractivity contribution in [3.05, 3.63) is 0 Å². The van der Waals surface area contributed by atoms with E-state index in [1.54, 1.807) is 0 Å². The Balaban J connectivity index is 3.41. The van der Waals surface area contributed by atoms with Gasteiger partial charge >= 0.3 is 0 Å². The van der Waals surface area contributed by atoms with E-state index in [-0.39, 0.29) is 52.2 Å². The maximum atomic E-state index is 10.0. The summed E-state index contributed by atoms with van der Waals surface area (Å²) in [6.45, 7) is -0.389. The van der Waals surface area contributed by atoms with Crippen LogP contribution < -0.4 is 0 Å². The second-order valence-corrected chi connectivity index (χ2v) is 4.18. The number of rotatable bonds is 15. The molecule has 0 bridgehead atoms. The minimum atomic E-state index is -1.57. The van der Waals surface area contributed by atoms with Crippen molar-refractivity contribution in [2.24, 2.45) is 0 Å². The highest BCUT2D eigenvalue weighted by atomic mass is 16.6. The summed E-state index contributed by atoms with van der Waals surface area (Å²) in [5.41, 5.74) is 0. The van der Waals surface area contributed by atoms with Crippen molar-refractivity contribution >= 4 is 12.6 Å². The molecule has 4 atom stereocenters. The summed E-state index contributed by atoms with van der Waals surface area (Å²) in [5, 5.41) is 36.2. The monoisotopic (exact) mass is 326 g/mol. The number of aldehydes is 2. The van der Waals surface area contributed by atoms with Gasteiger partial charge in [-0.3, -0.25) is 9.59 Å². The molecule has 0 aliphatic rings. The van der Waals surface area contributed by atoms with E-state index in [4.69, 9.17) is 19.7 Å². The minimum absolute atomic E-state index is 0.0773. The van der Waals surface area contributed by atoms with Crippen molar-refractivity contribution in [1.82, 2.24) is 0 Å². The lowest BCUT2D eigenvalue weighted by molar-refractivity contribution is -0.152. The first-order valence-corrected chi connectivity index (χ1v) is 6.51. The van der Waals surface area contributed by atoms with Crippen molar-refractivity contribution < 1.29 is 49.0 Å². The molecule has 0 heterocycles. The van der Waals surface area contributed by atoms with E-state index in [1.165, 1.54) is 0 Å². The van der Waals surface area contributed by atoms with E-state index in [9.17, 15) is 19.8 Å². The Morgan fingerprint density at radius 3 is 1.36 bits per heavy atom. The summed E-state index contributed by atoms with van der Waals surface area (Å²) in [5.74, 6) is 0. The van der Waals surface area contributed by atoms with Gasteiger partial charge in [0.25, 0.3) is 0 Å². The van der Waals surface area contributed by atoms with Crippen LogP contribution in [0, 0.1) is 0 Å². The van der Waals surface area contributed by atoms with E-state index in [0.717, 1.165) is 0 Å². The molecule has 0 aromatic carbocycles. The SMILES string of the molecule is O=CC(O)OCC(O)COCCOCC(O)COC(O)C=O. The molecule has 0 aromatic rings. The fourth-order valence-corrected chi connectivity index (χ4v) is 1.15. The van der Waals surface area contributed by atoms with Gasteiger partial charge in [-0.25, -0.2) is 0 Å². The first-order chi connectivity index (χ1) is 10.5. The van der Waals surface area contributed by atoms with E-state index in [1.807, 2.05) is 0 Å². The van der Waals surface area contributed by atoms with Gasteiger partial charge in [0.1, 0.15) is 12.2 Å². The fraction of sp³-hybridized carbons (Fsp3) is 0.833. The van der Waals surface area contributed by atoms with E-state index in [0.29, 0.717) is 0 Å². The Hall–Kier alpha value is -0.980. The summed E-state index contributed by atoms with van der Waals surface area (Å²) in [7, 11) is 0. The van der Waals surface area contributed by atoms with Crippen LogP contribution in [-0.4, -0.2) is 97.4 Å². The highest BCUT2D eigenvalue weighted by Gasteiger charge is 2.10. The first kappa shape index (κ1) is 21.0. The quantitative estimate of drug-likeness (QED) is 0.138. The molecule has 0 rings (SSSR count). The topological polar surface area (TPSA) is 152 Å². The molecule has 4 unspecified atom stereocenters. The maximum absolute atomic E-state index is 10.0. The van der Waals surface area contributed by atoms with Gasteiger partial charge in [-0.15, -0.1) is 0 Å². The molecule has 4 N–H and O–H groups in total. The smallest absolute Gasteiger partial charge is 0.212 e. The second kappa shape index (κ2) is 13.7. The van der Waals surface area contributed by atoms with Crippen LogP contribution in [0.15, 0.2) is 0 Å². The molecule has 0 aliphatic carbocycles. The van der Waals surface area contributed by atoms with Crippen LogP contribution in [0.25, 0.3) is 0 Å². The average Bonchev–Trinajstić information content (AvgIpc) is 2.53. The van der Waals surface area contributed by atoms with E-state index < -0.39 is 24.8 Å². The fourth-order valence-electron chi connectivity index (χ4n) is 1.15. The number of aliphatic hydroxyl groups is 4. The highest BCUT2D eigenvalue weighted by Crippen LogP contribution is 1.93. The molecule has 0 fully saturated rings. The Kier molecular flexibility index (Phi) is 13.1. The molecule has 0 amide bonds. The lowest BCUT2D eigenvalue weighted by Crippen LogP contribution is -2.28. The number of hydrogen-bond donors (Lipinski definition) is 4. The Labute approximate surface area is 127 Å². The number of ether oxygens (including phenoxy) is 4. The summed E-state index contributed by atoms with van der Waals surface area (Å²) in [6.07, 6.45) is -4.77. The van der Waals surface area contributed by atoms with Crippen LogP contribution in [0.3, 0.4) is 0 Å². The Morgan fingerprint density at radius 1 is 0.682 bits per heavy atom. The average molecular weight is 326 g/mol. The standard InChI is InChI=1S/C12H22O10/c13-3-11(17)21-7-9(15)5-19-1-2-20-6-10(16)8-22-12(18)4-14/h3-4,9-12,15-18H,1-2,5-8H2. The van der Waals surface area contributed by atoms with Crippen molar-refractivity contribution in [3.8, 4) is 0 Å².